The van der Waals surface area contributed by atoms with Gasteiger partial charge < -0.3 is 15.2 Å². The molecule has 20 heavy (non-hydrogen) atoms. The van der Waals surface area contributed by atoms with Crippen LogP contribution in [0.25, 0.3) is 0 Å². The van der Waals surface area contributed by atoms with Gasteiger partial charge in [-0.25, -0.2) is 4.39 Å². The fourth-order valence-electron chi connectivity index (χ4n) is 2.00. The Morgan fingerprint density at radius 3 is 2.70 bits per heavy atom. The Bertz CT molecular complexity index is 446. The molecule has 2 N–H and O–H groups in total. The third-order valence-corrected chi connectivity index (χ3v) is 2.71. The predicted octanol–water partition coefficient (Wildman–Crippen LogP) is 2.12. The van der Waals surface area contributed by atoms with Crippen molar-refractivity contribution in [1.82, 2.24) is 5.32 Å². The summed E-state index contributed by atoms with van der Waals surface area (Å²) in [4.78, 5) is 11.6. The quantitative estimate of drug-likeness (QED) is 0.806. The highest BCUT2D eigenvalue weighted by Gasteiger charge is 2.22. The van der Waals surface area contributed by atoms with Crippen LogP contribution in [0.4, 0.5) is 4.39 Å². The van der Waals surface area contributed by atoms with Crippen molar-refractivity contribution in [2.75, 3.05) is 13.2 Å². The van der Waals surface area contributed by atoms with Gasteiger partial charge in [-0.15, -0.1) is 0 Å². The molecule has 112 valence electrons. The summed E-state index contributed by atoms with van der Waals surface area (Å²) in [7, 11) is 0. The summed E-state index contributed by atoms with van der Waals surface area (Å²) < 4.78 is 18.3. The molecule has 0 radical (unpaired) electrons. The van der Waals surface area contributed by atoms with Crippen LogP contribution in [-0.4, -0.2) is 29.8 Å². The van der Waals surface area contributed by atoms with Crippen LogP contribution < -0.4 is 10.1 Å². The van der Waals surface area contributed by atoms with Crippen molar-refractivity contribution in [3.05, 3.63) is 30.1 Å². The highest BCUT2D eigenvalue weighted by atomic mass is 19.1. The monoisotopic (exact) mass is 283 g/mol. The zero-order chi connectivity index (χ0) is 15.2. The Kier molecular flexibility index (Phi) is 5.95. The van der Waals surface area contributed by atoms with Crippen LogP contribution >= 0.6 is 0 Å². The van der Waals surface area contributed by atoms with Crippen LogP contribution in [0.2, 0.25) is 0 Å². The molecule has 1 amide bonds. The van der Waals surface area contributed by atoms with Gasteiger partial charge in [0.15, 0.2) is 18.2 Å². The normalized spacial score (nSPS) is 13.9. The van der Waals surface area contributed by atoms with E-state index in [2.05, 4.69) is 5.32 Å². The van der Waals surface area contributed by atoms with Crippen molar-refractivity contribution < 1.29 is 19.0 Å². The average molecular weight is 283 g/mol. The third kappa shape index (κ3) is 6.02. The van der Waals surface area contributed by atoms with E-state index >= 15 is 0 Å². The zero-order valence-electron chi connectivity index (χ0n) is 12.1. The number of nitrogens with one attached hydrogen (secondary N) is 1. The molecule has 0 spiro atoms. The first-order valence-corrected chi connectivity index (χ1v) is 6.66. The maximum absolute atomic E-state index is 13.3. The molecule has 0 fully saturated rings. The summed E-state index contributed by atoms with van der Waals surface area (Å²) in [5.74, 6) is -0.530. The lowest BCUT2D eigenvalue weighted by Crippen LogP contribution is -2.43. The Hall–Kier alpha value is -1.62. The smallest absolute Gasteiger partial charge is 0.258 e. The Morgan fingerprint density at radius 1 is 1.45 bits per heavy atom. The fraction of sp³-hybridized carbons (Fsp3) is 0.533. The standard InChI is InChI=1S/C15H22FNO3/c1-11(2)8-15(3,19)10-17-14(18)9-20-13-7-5-4-6-12(13)16/h4-7,11,19H,8-10H2,1-3H3,(H,17,18). The number of para-hydroxylation sites is 1. The van der Waals surface area contributed by atoms with E-state index in [1.165, 1.54) is 12.1 Å². The number of benzene rings is 1. The van der Waals surface area contributed by atoms with Gasteiger partial charge in [-0.3, -0.25) is 4.79 Å². The van der Waals surface area contributed by atoms with E-state index in [1.54, 1.807) is 19.1 Å². The first-order chi connectivity index (χ1) is 9.30. The number of hydrogen-bond donors (Lipinski definition) is 2. The zero-order valence-corrected chi connectivity index (χ0v) is 12.1. The maximum Gasteiger partial charge on any atom is 0.258 e. The lowest BCUT2D eigenvalue weighted by Gasteiger charge is -2.25. The van der Waals surface area contributed by atoms with Crippen molar-refractivity contribution >= 4 is 5.91 Å². The highest BCUT2D eigenvalue weighted by molar-refractivity contribution is 5.77. The number of aliphatic hydroxyl groups is 1. The van der Waals surface area contributed by atoms with Gasteiger partial charge in [0.05, 0.1) is 5.60 Å². The van der Waals surface area contributed by atoms with Crippen LogP contribution in [-0.2, 0) is 4.79 Å². The minimum atomic E-state index is -0.957. The fourth-order valence-corrected chi connectivity index (χ4v) is 2.00. The molecule has 4 nitrogen and oxygen atoms in total. The van der Waals surface area contributed by atoms with E-state index in [9.17, 15) is 14.3 Å². The Morgan fingerprint density at radius 2 is 2.10 bits per heavy atom. The van der Waals surface area contributed by atoms with Crippen LogP contribution in [0, 0.1) is 11.7 Å². The van der Waals surface area contributed by atoms with Crippen LogP contribution in [0.5, 0.6) is 5.75 Å². The van der Waals surface area contributed by atoms with E-state index in [1.807, 2.05) is 13.8 Å². The molecule has 1 unspecified atom stereocenters. The molecule has 0 aliphatic heterocycles. The molecule has 1 atom stereocenters. The number of ether oxygens (including phenoxy) is 1. The van der Waals surface area contributed by atoms with Crippen molar-refractivity contribution in [2.45, 2.75) is 32.8 Å². The summed E-state index contributed by atoms with van der Waals surface area (Å²) in [6, 6.07) is 5.90. The van der Waals surface area contributed by atoms with E-state index < -0.39 is 17.3 Å². The minimum Gasteiger partial charge on any atom is -0.481 e. The average Bonchev–Trinajstić information content (AvgIpc) is 2.34. The number of carbonyl (C=O) groups is 1. The van der Waals surface area contributed by atoms with E-state index in [-0.39, 0.29) is 18.9 Å². The van der Waals surface area contributed by atoms with E-state index in [0.717, 1.165) is 0 Å². The first-order valence-electron chi connectivity index (χ1n) is 6.66. The maximum atomic E-state index is 13.3. The van der Waals surface area contributed by atoms with Gasteiger partial charge in [-0.05, 0) is 31.4 Å². The van der Waals surface area contributed by atoms with Gasteiger partial charge in [-0.2, -0.15) is 0 Å². The predicted molar refractivity (Wildman–Crippen MR) is 75.0 cm³/mol. The number of rotatable bonds is 7. The van der Waals surface area contributed by atoms with Crippen molar-refractivity contribution in [3.8, 4) is 5.75 Å². The summed E-state index contributed by atoms with van der Waals surface area (Å²) in [5, 5.41) is 12.6. The van der Waals surface area contributed by atoms with Crippen LogP contribution in [0.1, 0.15) is 27.2 Å². The summed E-state index contributed by atoms with van der Waals surface area (Å²) in [6.07, 6.45) is 0.585. The number of halogens is 1. The second-order valence-corrected chi connectivity index (χ2v) is 5.59. The molecule has 1 aromatic carbocycles. The number of carbonyl (C=O) groups excluding carboxylic acids is 1. The molecule has 1 rings (SSSR count). The molecule has 0 saturated carbocycles. The molecule has 0 aromatic heterocycles. The summed E-state index contributed by atoms with van der Waals surface area (Å²) >= 11 is 0. The Labute approximate surface area is 119 Å². The van der Waals surface area contributed by atoms with Crippen molar-refractivity contribution in [2.24, 2.45) is 5.92 Å². The van der Waals surface area contributed by atoms with Crippen LogP contribution in [0.3, 0.4) is 0 Å². The lowest BCUT2D eigenvalue weighted by atomic mass is 9.94. The van der Waals surface area contributed by atoms with Crippen molar-refractivity contribution in [3.63, 3.8) is 0 Å². The topological polar surface area (TPSA) is 58.6 Å². The molecule has 5 heteroatoms. The van der Waals surface area contributed by atoms with Gasteiger partial charge in [0.1, 0.15) is 0 Å². The second-order valence-electron chi connectivity index (χ2n) is 5.59. The molecule has 0 bridgehead atoms. The van der Waals surface area contributed by atoms with Crippen LogP contribution in [0.15, 0.2) is 24.3 Å². The Balaban J connectivity index is 2.36. The lowest BCUT2D eigenvalue weighted by molar-refractivity contribution is -0.124. The minimum absolute atomic E-state index is 0.0385. The SMILES string of the molecule is CC(C)CC(C)(O)CNC(=O)COc1ccccc1F. The molecule has 0 heterocycles. The third-order valence-electron chi connectivity index (χ3n) is 2.71. The number of hydrogen-bond acceptors (Lipinski definition) is 3. The number of amides is 1. The van der Waals surface area contributed by atoms with Gasteiger partial charge >= 0.3 is 0 Å². The van der Waals surface area contributed by atoms with Gasteiger partial charge in [0, 0.05) is 6.54 Å². The second kappa shape index (κ2) is 7.24. The van der Waals surface area contributed by atoms with Gasteiger partial charge in [-0.1, -0.05) is 26.0 Å². The van der Waals surface area contributed by atoms with E-state index in [0.29, 0.717) is 12.3 Å². The first kappa shape index (κ1) is 16.4. The largest absolute Gasteiger partial charge is 0.481 e. The molecular formula is C15H22FNO3. The molecule has 1 aromatic rings. The summed E-state index contributed by atoms with van der Waals surface area (Å²) in [6.45, 7) is 5.53. The molecular weight excluding hydrogens is 261 g/mol. The summed E-state index contributed by atoms with van der Waals surface area (Å²) in [5.41, 5.74) is -0.957. The van der Waals surface area contributed by atoms with Gasteiger partial charge in [0.2, 0.25) is 0 Å². The highest BCUT2D eigenvalue weighted by Crippen LogP contribution is 2.16. The van der Waals surface area contributed by atoms with Gasteiger partial charge in [0.25, 0.3) is 5.91 Å². The molecule has 0 saturated heterocycles. The molecule has 0 aliphatic rings. The molecule has 0 aliphatic carbocycles. The van der Waals surface area contributed by atoms with E-state index in [4.69, 9.17) is 4.74 Å². The van der Waals surface area contributed by atoms with Crippen molar-refractivity contribution in [1.29, 1.82) is 0 Å².